The SMILES string of the molecule is COC(=O)/C=C/c1cc(Cl)ccc1-c1nnn2ccccc12. The summed E-state index contributed by atoms with van der Waals surface area (Å²) in [6.45, 7) is 0. The van der Waals surface area contributed by atoms with Gasteiger partial charge in [-0.2, -0.15) is 0 Å². The van der Waals surface area contributed by atoms with Crippen molar-refractivity contribution in [3.8, 4) is 11.3 Å². The summed E-state index contributed by atoms with van der Waals surface area (Å²) in [6.07, 6.45) is 4.83. The van der Waals surface area contributed by atoms with Crippen molar-refractivity contribution in [2.45, 2.75) is 0 Å². The van der Waals surface area contributed by atoms with E-state index in [0.717, 1.165) is 22.3 Å². The fourth-order valence-electron chi connectivity index (χ4n) is 2.15. The molecule has 0 aliphatic rings. The lowest BCUT2D eigenvalue weighted by atomic mass is 10.0. The Morgan fingerprint density at radius 1 is 1.32 bits per heavy atom. The fraction of sp³-hybridized carbons (Fsp3) is 0.0625. The van der Waals surface area contributed by atoms with Crippen LogP contribution in [0.5, 0.6) is 0 Å². The molecule has 0 atom stereocenters. The number of esters is 1. The van der Waals surface area contributed by atoms with Crippen LogP contribution in [0.15, 0.2) is 48.7 Å². The van der Waals surface area contributed by atoms with Crippen LogP contribution in [0.25, 0.3) is 22.9 Å². The van der Waals surface area contributed by atoms with Gasteiger partial charge in [-0.25, -0.2) is 9.31 Å². The van der Waals surface area contributed by atoms with Gasteiger partial charge in [0.1, 0.15) is 5.69 Å². The number of hydrogen-bond donors (Lipinski definition) is 0. The lowest BCUT2D eigenvalue weighted by Crippen LogP contribution is -1.94. The number of carbonyl (C=O) groups is 1. The molecule has 0 fully saturated rings. The van der Waals surface area contributed by atoms with Crippen molar-refractivity contribution in [1.29, 1.82) is 0 Å². The molecule has 3 aromatic rings. The molecule has 0 unspecified atom stereocenters. The summed E-state index contributed by atoms with van der Waals surface area (Å²) in [5.74, 6) is -0.432. The summed E-state index contributed by atoms with van der Waals surface area (Å²) >= 11 is 6.05. The number of hydrogen-bond acceptors (Lipinski definition) is 4. The van der Waals surface area contributed by atoms with Crippen LogP contribution in [0.4, 0.5) is 0 Å². The summed E-state index contributed by atoms with van der Waals surface area (Å²) < 4.78 is 6.30. The quantitative estimate of drug-likeness (QED) is 0.550. The zero-order valence-electron chi connectivity index (χ0n) is 11.7. The molecule has 110 valence electrons. The van der Waals surface area contributed by atoms with Gasteiger partial charge in [0.2, 0.25) is 0 Å². The minimum absolute atomic E-state index is 0.432. The summed E-state index contributed by atoms with van der Waals surface area (Å²) in [7, 11) is 1.33. The standard InChI is InChI=1S/C16H12ClN3O2/c1-22-15(21)8-5-11-10-12(17)6-7-13(11)16-14-4-2-3-9-20(14)19-18-16/h2-10H,1H3/b8-5+. The molecule has 0 aliphatic carbocycles. The number of halogens is 1. The van der Waals surface area contributed by atoms with Crippen LogP contribution in [0.3, 0.4) is 0 Å². The Kier molecular flexibility index (Phi) is 3.89. The van der Waals surface area contributed by atoms with Crippen molar-refractivity contribution in [2.75, 3.05) is 7.11 Å². The van der Waals surface area contributed by atoms with Crippen molar-refractivity contribution in [2.24, 2.45) is 0 Å². The Labute approximate surface area is 131 Å². The van der Waals surface area contributed by atoms with E-state index in [0.29, 0.717) is 5.02 Å². The lowest BCUT2D eigenvalue weighted by Gasteiger charge is -2.04. The first-order valence-corrected chi connectivity index (χ1v) is 6.93. The topological polar surface area (TPSA) is 56.5 Å². The van der Waals surface area contributed by atoms with E-state index in [1.807, 2.05) is 30.5 Å². The van der Waals surface area contributed by atoms with Crippen molar-refractivity contribution in [3.05, 3.63) is 59.3 Å². The van der Waals surface area contributed by atoms with Gasteiger partial charge in [0, 0.05) is 22.9 Å². The molecular weight excluding hydrogens is 302 g/mol. The maximum atomic E-state index is 11.3. The molecule has 0 aliphatic heterocycles. The predicted octanol–water partition coefficient (Wildman–Crippen LogP) is 3.24. The number of aromatic nitrogens is 3. The third-order valence-corrected chi connectivity index (χ3v) is 3.43. The Morgan fingerprint density at radius 2 is 2.18 bits per heavy atom. The number of benzene rings is 1. The summed E-state index contributed by atoms with van der Waals surface area (Å²) in [5, 5.41) is 8.88. The average molecular weight is 314 g/mol. The van der Waals surface area contributed by atoms with Gasteiger partial charge in [0.05, 0.1) is 12.6 Å². The van der Waals surface area contributed by atoms with E-state index in [-0.39, 0.29) is 0 Å². The zero-order valence-corrected chi connectivity index (χ0v) is 12.5. The number of carbonyl (C=O) groups excluding carboxylic acids is 1. The largest absolute Gasteiger partial charge is 0.466 e. The van der Waals surface area contributed by atoms with Gasteiger partial charge < -0.3 is 4.74 Å². The molecule has 22 heavy (non-hydrogen) atoms. The second-order valence-electron chi connectivity index (χ2n) is 4.56. The van der Waals surface area contributed by atoms with E-state index in [1.165, 1.54) is 13.2 Å². The highest BCUT2D eigenvalue weighted by Gasteiger charge is 2.12. The first-order chi connectivity index (χ1) is 10.7. The number of methoxy groups -OCH3 is 1. The molecule has 1 aromatic carbocycles. The van der Waals surface area contributed by atoms with Gasteiger partial charge in [-0.1, -0.05) is 28.9 Å². The van der Waals surface area contributed by atoms with Gasteiger partial charge in [-0.3, -0.25) is 0 Å². The predicted molar refractivity (Wildman–Crippen MR) is 84.5 cm³/mol. The number of ether oxygens (including phenoxy) is 1. The average Bonchev–Trinajstić information content (AvgIpc) is 2.96. The van der Waals surface area contributed by atoms with Crippen LogP contribution in [0.1, 0.15) is 5.56 Å². The number of fused-ring (bicyclic) bond motifs is 1. The Bertz CT molecular complexity index is 871. The first kappa shape index (κ1) is 14.3. The maximum absolute atomic E-state index is 11.3. The van der Waals surface area contributed by atoms with E-state index in [9.17, 15) is 4.79 Å². The normalized spacial score (nSPS) is 11.2. The highest BCUT2D eigenvalue weighted by Crippen LogP contribution is 2.29. The molecule has 2 aromatic heterocycles. The summed E-state index contributed by atoms with van der Waals surface area (Å²) in [5.41, 5.74) is 3.20. The monoisotopic (exact) mass is 313 g/mol. The van der Waals surface area contributed by atoms with Crippen LogP contribution < -0.4 is 0 Å². The molecule has 0 bridgehead atoms. The molecule has 0 radical (unpaired) electrons. The summed E-state index contributed by atoms with van der Waals surface area (Å²) in [6, 6.07) is 11.1. The second kappa shape index (κ2) is 5.99. The van der Waals surface area contributed by atoms with Crippen molar-refractivity contribution in [1.82, 2.24) is 14.8 Å². The summed E-state index contributed by atoms with van der Waals surface area (Å²) in [4.78, 5) is 11.3. The van der Waals surface area contributed by atoms with Crippen LogP contribution in [-0.4, -0.2) is 27.9 Å². The van der Waals surface area contributed by atoms with Crippen molar-refractivity contribution < 1.29 is 9.53 Å². The molecule has 0 spiro atoms. The number of nitrogens with zero attached hydrogens (tertiary/aromatic N) is 3. The third kappa shape index (κ3) is 2.71. The highest BCUT2D eigenvalue weighted by atomic mass is 35.5. The van der Waals surface area contributed by atoms with E-state index in [2.05, 4.69) is 15.0 Å². The molecule has 6 heteroatoms. The molecule has 2 heterocycles. The molecule has 0 amide bonds. The first-order valence-electron chi connectivity index (χ1n) is 6.55. The van der Waals surface area contributed by atoms with Crippen molar-refractivity contribution in [3.63, 3.8) is 0 Å². The van der Waals surface area contributed by atoms with E-state index >= 15 is 0 Å². The molecule has 3 rings (SSSR count). The van der Waals surface area contributed by atoms with Gasteiger partial charge in [-0.05, 0) is 35.9 Å². The highest BCUT2D eigenvalue weighted by molar-refractivity contribution is 6.30. The molecule has 0 saturated heterocycles. The molecule has 0 N–H and O–H groups in total. The molecule has 0 saturated carbocycles. The van der Waals surface area contributed by atoms with Crippen LogP contribution >= 0.6 is 11.6 Å². The lowest BCUT2D eigenvalue weighted by molar-refractivity contribution is -0.134. The van der Waals surface area contributed by atoms with Crippen LogP contribution in [0.2, 0.25) is 5.02 Å². The second-order valence-corrected chi connectivity index (χ2v) is 4.99. The van der Waals surface area contributed by atoms with Crippen LogP contribution in [-0.2, 0) is 9.53 Å². The van der Waals surface area contributed by atoms with Crippen LogP contribution in [0, 0.1) is 0 Å². The van der Waals surface area contributed by atoms with E-state index < -0.39 is 5.97 Å². The Morgan fingerprint density at radius 3 is 3.00 bits per heavy atom. The van der Waals surface area contributed by atoms with E-state index in [4.69, 9.17) is 11.6 Å². The number of pyridine rings is 1. The maximum Gasteiger partial charge on any atom is 0.330 e. The van der Waals surface area contributed by atoms with Gasteiger partial charge in [-0.15, -0.1) is 5.10 Å². The van der Waals surface area contributed by atoms with Crippen molar-refractivity contribution >= 4 is 29.2 Å². The number of rotatable bonds is 3. The van der Waals surface area contributed by atoms with Gasteiger partial charge >= 0.3 is 5.97 Å². The Hall–Kier alpha value is -2.66. The minimum Gasteiger partial charge on any atom is -0.466 e. The minimum atomic E-state index is -0.432. The van der Waals surface area contributed by atoms with E-state index in [1.54, 1.807) is 22.7 Å². The Balaban J connectivity index is 2.14. The fourth-order valence-corrected chi connectivity index (χ4v) is 2.33. The zero-order chi connectivity index (χ0) is 15.5. The molecule has 5 nitrogen and oxygen atoms in total. The van der Waals surface area contributed by atoms with Gasteiger partial charge in [0.25, 0.3) is 0 Å². The third-order valence-electron chi connectivity index (χ3n) is 3.19. The molecular formula is C16H12ClN3O2. The van der Waals surface area contributed by atoms with Gasteiger partial charge in [0.15, 0.2) is 0 Å². The smallest absolute Gasteiger partial charge is 0.330 e.